The summed E-state index contributed by atoms with van der Waals surface area (Å²) in [7, 11) is -3.80. The van der Waals surface area contributed by atoms with Gasteiger partial charge in [-0.05, 0) is 55.6 Å². The zero-order chi connectivity index (χ0) is 18.9. The number of fused-ring (bicyclic) bond motifs is 1. The van der Waals surface area contributed by atoms with Crippen molar-refractivity contribution in [3.05, 3.63) is 60.0 Å². The Morgan fingerprint density at radius 1 is 1.11 bits per heavy atom. The molecule has 2 N–H and O–H groups in total. The number of sulfone groups is 1. The summed E-state index contributed by atoms with van der Waals surface area (Å²) in [6, 6.07) is 11.5. The molecule has 1 aliphatic rings. The van der Waals surface area contributed by atoms with Gasteiger partial charge in [-0.1, -0.05) is 31.0 Å². The summed E-state index contributed by atoms with van der Waals surface area (Å²) in [5.41, 5.74) is 1.76. The molecule has 1 fully saturated rings. The summed E-state index contributed by atoms with van der Waals surface area (Å²) in [5.74, 6) is -0.558. The lowest BCUT2D eigenvalue weighted by molar-refractivity contribution is 0.528. The molecule has 0 bridgehead atoms. The van der Waals surface area contributed by atoms with E-state index < -0.39 is 15.7 Å². The van der Waals surface area contributed by atoms with Crippen molar-refractivity contribution in [2.45, 2.75) is 47.9 Å². The summed E-state index contributed by atoms with van der Waals surface area (Å²) in [5, 5.41) is 4.28. The average molecular weight is 386 g/mol. The summed E-state index contributed by atoms with van der Waals surface area (Å²) in [4.78, 5) is 3.24. The standard InChI is InChI=1S/C21H23FN2O2S/c22-16-6-4-9-18(13-16)27(25,26)20-14-24-19-10-3-5-15(21(19)20)11-12-23-17-7-1-2-8-17/h3-6,9-10,13-14,17,23-24H,1-2,7-8,11-12H2. The van der Waals surface area contributed by atoms with Gasteiger partial charge in [0.25, 0.3) is 0 Å². The first-order chi connectivity index (χ1) is 13.1. The van der Waals surface area contributed by atoms with Crippen LogP contribution in [0.2, 0.25) is 0 Å². The van der Waals surface area contributed by atoms with E-state index in [4.69, 9.17) is 0 Å². The fourth-order valence-corrected chi connectivity index (χ4v) is 5.45. The lowest BCUT2D eigenvalue weighted by Crippen LogP contribution is -2.28. The zero-order valence-electron chi connectivity index (χ0n) is 15.0. The van der Waals surface area contributed by atoms with Gasteiger partial charge in [-0.15, -0.1) is 0 Å². The lowest BCUT2D eigenvalue weighted by atomic mass is 10.1. The second kappa shape index (κ2) is 7.44. The molecule has 2 aromatic carbocycles. The Balaban J connectivity index is 1.67. The van der Waals surface area contributed by atoms with E-state index in [-0.39, 0.29) is 9.79 Å². The maximum atomic E-state index is 13.6. The van der Waals surface area contributed by atoms with Crippen LogP contribution in [0.15, 0.2) is 58.5 Å². The highest BCUT2D eigenvalue weighted by molar-refractivity contribution is 7.91. The van der Waals surface area contributed by atoms with Gasteiger partial charge in [-0.3, -0.25) is 0 Å². The van der Waals surface area contributed by atoms with E-state index in [1.165, 1.54) is 50.1 Å². The Hall–Kier alpha value is -2.18. The van der Waals surface area contributed by atoms with E-state index in [1.807, 2.05) is 18.2 Å². The van der Waals surface area contributed by atoms with Crippen molar-refractivity contribution in [2.75, 3.05) is 6.54 Å². The molecule has 0 unspecified atom stereocenters. The molecule has 0 amide bonds. The third-order valence-electron chi connectivity index (χ3n) is 5.33. The van der Waals surface area contributed by atoms with Gasteiger partial charge >= 0.3 is 0 Å². The van der Waals surface area contributed by atoms with Gasteiger partial charge in [-0.2, -0.15) is 0 Å². The highest BCUT2D eigenvalue weighted by Crippen LogP contribution is 2.31. The van der Waals surface area contributed by atoms with Crippen molar-refractivity contribution in [1.82, 2.24) is 10.3 Å². The Morgan fingerprint density at radius 3 is 2.67 bits per heavy atom. The number of halogens is 1. The van der Waals surface area contributed by atoms with Crippen LogP contribution in [-0.2, 0) is 16.3 Å². The number of hydrogen-bond acceptors (Lipinski definition) is 3. The van der Waals surface area contributed by atoms with Gasteiger partial charge in [-0.25, -0.2) is 12.8 Å². The van der Waals surface area contributed by atoms with Gasteiger partial charge in [0.05, 0.1) is 9.79 Å². The molecule has 4 nitrogen and oxygen atoms in total. The highest BCUT2D eigenvalue weighted by Gasteiger charge is 2.24. The van der Waals surface area contributed by atoms with Crippen LogP contribution >= 0.6 is 0 Å². The number of hydrogen-bond donors (Lipinski definition) is 2. The Kier molecular flexibility index (Phi) is 5.02. The quantitative estimate of drug-likeness (QED) is 0.667. The van der Waals surface area contributed by atoms with E-state index in [1.54, 1.807) is 0 Å². The molecule has 3 aromatic rings. The molecular formula is C21H23FN2O2S. The van der Waals surface area contributed by atoms with Crippen molar-refractivity contribution < 1.29 is 12.8 Å². The van der Waals surface area contributed by atoms with Crippen molar-refractivity contribution in [1.29, 1.82) is 0 Å². The number of aromatic nitrogens is 1. The normalized spacial score (nSPS) is 15.6. The van der Waals surface area contributed by atoms with E-state index in [9.17, 15) is 12.8 Å². The molecule has 0 saturated heterocycles. The van der Waals surface area contributed by atoms with E-state index >= 15 is 0 Å². The van der Waals surface area contributed by atoms with E-state index in [0.29, 0.717) is 11.4 Å². The number of rotatable bonds is 6. The molecule has 0 atom stereocenters. The van der Waals surface area contributed by atoms with Crippen molar-refractivity contribution in [3.63, 3.8) is 0 Å². The molecule has 4 rings (SSSR count). The fraction of sp³-hybridized carbons (Fsp3) is 0.333. The molecule has 27 heavy (non-hydrogen) atoms. The Labute approximate surface area is 158 Å². The molecule has 0 aliphatic heterocycles. The molecule has 1 aromatic heterocycles. The second-order valence-electron chi connectivity index (χ2n) is 7.14. The maximum absolute atomic E-state index is 13.6. The Morgan fingerprint density at radius 2 is 1.89 bits per heavy atom. The minimum absolute atomic E-state index is 0.0257. The number of H-pyrrole nitrogens is 1. The SMILES string of the molecule is O=S(=O)(c1cccc(F)c1)c1c[nH]c2cccc(CCNC3CCCC3)c12. The van der Waals surface area contributed by atoms with Crippen molar-refractivity contribution in [3.8, 4) is 0 Å². The van der Waals surface area contributed by atoms with E-state index in [2.05, 4.69) is 10.3 Å². The molecule has 6 heteroatoms. The summed E-state index contributed by atoms with van der Waals surface area (Å²) >= 11 is 0. The largest absolute Gasteiger partial charge is 0.360 e. The van der Waals surface area contributed by atoms with Gasteiger partial charge in [0, 0.05) is 23.1 Å². The van der Waals surface area contributed by atoms with Crippen LogP contribution in [0, 0.1) is 5.82 Å². The van der Waals surface area contributed by atoms with Crippen LogP contribution in [0.3, 0.4) is 0 Å². The first-order valence-corrected chi connectivity index (χ1v) is 10.9. The van der Waals surface area contributed by atoms with Gasteiger partial charge in [0.15, 0.2) is 0 Å². The molecule has 0 spiro atoms. The maximum Gasteiger partial charge on any atom is 0.208 e. The highest BCUT2D eigenvalue weighted by atomic mass is 32.2. The Bertz CT molecular complexity index is 1050. The van der Waals surface area contributed by atoms with Crippen LogP contribution in [0.5, 0.6) is 0 Å². The molecular weight excluding hydrogens is 363 g/mol. The number of aromatic amines is 1. The van der Waals surface area contributed by atoms with Crippen LogP contribution < -0.4 is 5.32 Å². The number of benzene rings is 2. The molecule has 1 heterocycles. The van der Waals surface area contributed by atoms with Crippen LogP contribution in [0.1, 0.15) is 31.2 Å². The van der Waals surface area contributed by atoms with E-state index in [0.717, 1.165) is 30.1 Å². The molecule has 142 valence electrons. The summed E-state index contributed by atoms with van der Waals surface area (Å²) in [6.45, 7) is 0.814. The molecule has 1 aliphatic carbocycles. The third kappa shape index (κ3) is 3.64. The monoisotopic (exact) mass is 386 g/mol. The topological polar surface area (TPSA) is 62.0 Å². The molecule has 1 saturated carbocycles. The van der Waals surface area contributed by atoms with Crippen LogP contribution in [0.4, 0.5) is 4.39 Å². The first kappa shape index (κ1) is 18.2. The van der Waals surface area contributed by atoms with Crippen molar-refractivity contribution in [2.24, 2.45) is 0 Å². The fourth-order valence-electron chi connectivity index (χ4n) is 3.95. The summed E-state index contributed by atoms with van der Waals surface area (Å²) in [6.07, 6.45) is 7.25. The van der Waals surface area contributed by atoms with Gasteiger partial charge in [0.1, 0.15) is 5.82 Å². The molecule has 0 radical (unpaired) electrons. The number of nitrogens with one attached hydrogen (secondary N) is 2. The summed E-state index contributed by atoms with van der Waals surface area (Å²) < 4.78 is 39.8. The lowest BCUT2D eigenvalue weighted by Gasteiger charge is -2.12. The van der Waals surface area contributed by atoms with Crippen LogP contribution in [-0.4, -0.2) is 26.0 Å². The minimum Gasteiger partial charge on any atom is -0.360 e. The smallest absolute Gasteiger partial charge is 0.208 e. The average Bonchev–Trinajstić information content (AvgIpc) is 3.32. The predicted octanol–water partition coefficient (Wildman–Crippen LogP) is 4.21. The van der Waals surface area contributed by atoms with Gasteiger partial charge in [0.2, 0.25) is 9.84 Å². The minimum atomic E-state index is -3.80. The van der Waals surface area contributed by atoms with Gasteiger partial charge < -0.3 is 10.3 Å². The zero-order valence-corrected chi connectivity index (χ0v) is 15.9. The first-order valence-electron chi connectivity index (χ1n) is 9.39. The third-order valence-corrected chi connectivity index (χ3v) is 7.11. The van der Waals surface area contributed by atoms with Crippen LogP contribution in [0.25, 0.3) is 10.9 Å². The van der Waals surface area contributed by atoms with Crippen molar-refractivity contribution >= 4 is 20.7 Å². The predicted molar refractivity (Wildman–Crippen MR) is 104 cm³/mol. The second-order valence-corrected chi connectivity index (χ2v) is 9.06.